The van der Waals surface area contributed by atoms with Crippen molar-refractivity contribution >= 4 is 34.9 Å². The molecule has 0 bridgehead atoms. The lowest BCUT2D eigenvalue weighted by atomic mass is 10.2. The number of anilines is 4. The second kappa shape index (κ2) is 11.0. The average Bonchev–Trinajstić information content (AvgIpc) is 2.80. The van der Waals surface area contributed by atoms with Crippen LogP contribution in [-0.2, 0) is 9.47 Å². The van der Waals surface area contributed by atoms with Crippen LogP contribution in [0.25, 0.3) is 0 Å². The van der Waals surface area contributed by atoms with Crippen molar-refractivity contribution in [2.75, 3.05) is 20.9 Å². The Balaban J connectivity index is 2.00. The van der Waals surface area contributed by atoms with Crippen LogP contribution in [0.5, 0.6) is 0 Å². The molecule has 0 aromatic heterocycles. The number of hydrogen-bond donors (Lipinski definition) is 2. The van der Waals surface area contributed by atoms with E-state index >= 15 is 0 Å². The molecule has 8 nitrogen and oxygen atoms in total. The first kappa shape index (κ1) is 26.4. The van der Waals surface area contributed by atoms with Crippen LogP contribution in [0.3, 0.4) is 0 Å². The predicted molar refractivity (Wildman–Crippen MR) is 144 cm³/mol. The number of amides is 2. The summed E-state index contributed by atoms with van der Waals surface area (Å²) in [6.07, 6.45) is -1.19. The molecular formula is C28H34N4O4. The van der Waals surface area contributed by atoms with Crippen LogP contribution in [0.4, 0.5) is 32.3 Å². The normalized spacial score (nSPS) is 11.3. The van der Waals surface area contributed by atoms with Gasteiger partial charge in [-0.05, 0) is 84.0 Å². The second-order valence-electron chi connectivity index (χ2n) is 10.1. The summed E-state index contributed by atoms with van der Waals surface area (Å²) in [7, 11) is 0. The first-order valence-corrected chi connectivity index (χ1v) is 11.7. The van der Waals surface area contributed by atoms with E-state index in [4.69, 9.17) is 9.47 Å². The van der Waals surface area contributed by atoms with Crippen LogP contribution in [0.1, 0.15) is 41.5 Å². The van der Waals surface area contributed by atoms with E-state index in [0.29, 0.717) is 22.7 Å². The summed E-state index contributed by atoms with van der Waals surface area (Å²) in [5.41, 5.74) is 7.12. The lowest BCUT2D eigenvalue weighted by molar-refractivity contribution is 0.0580. The van der Waals surface area contributed by atoms with Crippen molar-refractivity contribution in [3.63, 3.8) is 0 Å². The molecule has 0 aliphatic rings. The van der Waals surface area contributed by atoms with Crippen LogP contribution >= 0.6 is 0 Å². The molecule has 0 fully saturated rings. The van der Waals surface area contributed by atoms with Gasteiger partial charge in [-0.3, -0.25) is 10.9 Å². The highest BCUT2D eigenvalue weighted by Crippen LogP contribution is 2.27. The third-order valence-electron chi connectivity index (χ3n) is 4.53. The van der Waals surface area contributed by atoms with Crippen molar-refractivity contribution in [1.82, 2.24) is 0 Å². The SMILES string of the molecule is CC(C)(C)OC(=O)N(Nc1ccccc1)c1cccc(N(Nc2ccccc2)C(=O)OC(C)(C)C)c1. The van der Waals surface area contributed by atoms with E-state index < -0.39 is 23.4 Å². The van der Waals surface area contributed by atoms with Gasteiger partial charge in [0.1, 0.15) is 11.2 Å². The number of para-hydroxylation sites is 2. The van der Waals surface area contributed by atoms with Gasteiger partial charge in [-0.1, -0.05) is 42.5 Å². The van der Waals surface area contributed by atoms with Gasteiger partial charge in [-0.15, -0.1) is 0 Å². The van der Waals surface area contributed by atoms with Gasteiger partial charge in [-0.2, -0.15) is 10.0 Å². The molecule has 0 aliphatic carbocycles. The number of rotatable bonds is 6. The van der Waals surface area contributed by atoms with Crippen LogP contribution in [0.2, 0.25) is 0 Å². The summed E-state index contributed by atoms with van der Waals surface area (Å²) in [4.78, 5) is 26.4. The first-order chi connectivity index (χ1) is 16.9. The Morgan fingerprint density at radius 2 is 0.944 bits per heavy atom. The minimum Gasteiger partial charge on any atom is -0.442 e. The van der Waals surface area contributed by atoms with Gasteiger partial charge in [0.25, 0.3) is 0 Å². The molecule has 8 heteroatoms. The van der Waals surface area contributed by atoms with Crippen molar-refractivity contribution in [2.45, 2.75) is 52.7 Å². The van der Waals surface area contributed by atoms with Crippen LogP contribution in [-0.4, -0.2) is 23.4 Å². The molecule has 3 aromatic rings. The number of benzene rings is 3. The zero-order valence-corrected chi connectivity index (χ0v) is 21.6. The predicted octanol–water partition coefficient (Wildman–Crippen LogP) is 7.22. The molecule has 0 spiro atoms. The molecule has 0 saturated heterocycles. The fourth-order valence-electron chi connectivity index (χ4n) is 3.10. The number of hydrazine groups is 2. The molecule has 3 aromatic carbocycles. The van der Waals surface area contributed by atoms with Crippen molar-refractivity contribution in [3.8, 4) is 0 Å². The van der Waals surface area contributed by atoms with E-state index in [1.165, 1.54) is 10.0 Å². The minimum atomic E-state index is -0.706. The monoisotopic (exact) mass is 490 g/mol. The van der Waals surface area contributed by atoms with E-state index in [-0.39, 0.29) is 0 Å². The molecule has 0 radical (unpaired) electrons. The average molecular weight is 491 g/mol. The Hall–Kier alpha value is -4.20. The third-order valence-corrected chi connectivity index (χ3v) is 4.53. The summed E-state index contributed by atoms with van der Waals surface area (Å²) in [6, 6.07) is 25.5. The smallest absolute Gasteiger partial charge is 0.433 e. The van der Waals surface area contributed by atoms with Gasteiger partial charge in [0.15, 0.2) is 0 Å². The van der Waals surface area contributed by atoms with Crippen LogP contribution in [0, 0.1) is 0 Å². The Bertz CT molecular complexity index is 1070. The zero-order valence-electron chi connectivity index (χ0n) is 21.6. The highest BCUT2D eigenvalue weighted by Gasteiger charge is 2.27. The maximum absolute atomic E-state index is 13.2. The van der Waals surface area contributed by atoms with Gasteiger partial charge < -0.3 is 9.47 Å². The molecule has 3 rings (SSSR count). The number of nitrogens with zero attached hydrogens (tertiary/aromatic N) is 2. The summed E-state index contributed by atoms with van der Waals surface area (Å²) >= 11 is 0. The van der Waals surface area contributed by atoms with Crippen LogP contribution in [0.15, 0.2) is 84.9 Å². The van der Waals surface area contributed by atoms with Gasteiger partial charge in [-0.25, -0.2) is 9.59 Å². The van der Waals surface area contributed by atoms with Gasteiger partial charge >= 0.3 is 12.2 Å². The molecule has 190 valence electrons. The maximum atomic E-state index is 13.2. The quantitative estimate of drug-likeness (QED) is 0.355. The molecule has 0 unspecified atom stereocenters. The number of hydrogen-bond acceptors (Lipinski definition) is 6. The lowest BCUT2D eigenvalue weighted by Crippen LogP contribution is -2.42. The molecule has 36 heavy (non-hydrogen) atoms. The number of carbonyl (C=O) groups excluding carboxylic acids is 2. The molecule has 0 saturated carbocycles. The minimum absolute atomic E-state index is 0.467. The third kappa shape index (κ3) is 7.94. The summed E-state index contributed by atoms with van der Waals surface area (Å²) < 4.78 is 11.3. The van der Waals surface area contributed by atoms with E-state index in [0.717, 1.165) is 0 Å². The Labute approximate surface area is 212 Å². The summed E-state index contributed by atoms with van der Waals surface area (Å²) in [6.45, 7) is 10.8. The Kier molecular flexibility index (Phi) is 8.09. The summed E-state index contributed by atoms with van der Waals surface area (Å²) in [5, 5.41) is 2.61. The number of carbonyl (C=O) groups is 2. The molecule has 0 heterocycles. The van der Waals surface area contributed by atoms with Crippen molar-refractivity contribution < 1.29 is 19.1 Å². The van der Waals surface area contributed by atoms with E-state index in [1.807, 2.05) is 60.7 Å². The van der Waals surface area contributed by atoms with Crippen LogP contribution < -0.4 is 20.9 Å². The highest BCUT2D eigenvalue weighted by molar-refractivity contribution is 5.94. The lowest BCUT2D eigenvalue weighted by Gasteiger charge is -2.30. The van der Waals surface area contributed by atoms with E-state index in [2.05, 4.69) is 10.9 Å². The van der Waals surface area contributed by atoms with Gasteiger partial charge in [0, 0.05) is 0 Å². The maximum Gasteiger partial charge on any atom is 0.433 e. The van der Waals surface area contributed by atoms with Crippen molar-refractivity contribution in [1.29, 1.82) is 0 Å². The Morgan fingerprint density at radius 3 is 1.28 bits per heavy atom. The molecule has 2 N–H and O–H groups in total. The molecule has 0 atom stereocenters. The molecule has 0 aliphatic heterocycles. The Morgan fingerprint density at radius 1 is 0.583 bits per heavy atom. The standard InChI is InChI=1S/C28H34N4O4/c1-27(2,3)35-25(33)31(29-21-14-9-7-10-15-21)23-18-13-19-24(20-23)32(26(34)36-28(4,5)6)30-22-16-11-8-12-17-22/h7-20,29-30H,1-6H3. The largest absolute Gasteiger partial charge is 0.442 e. The zero-order chi connectivity index (χ0) is 26.3. The molecule has 2 amide bonds. The highest BCUT2D eigenvalue weighted by atomic mass is 16.6. The van der Waals surface area contributed by atoms with Crippen molar-refractivity contribution in [3.05, 3.63) is 84.9 Å². The van der Waals surface area contributed by atoms with Gasteiger partial charge in [0.2, 0.25) is 0 Å². The second-order valence-corrected chi connectivity index (χ2v) is 10.1. The number of nitrogens with one attached hydrogen (secondary N) is 2. The fourth-order valence-corrected chi connectivity index (χ4v) is 3.10. The van der Waals surface area contributed by atoms with E-state index in [9.17, 15) is 9.59 Å². The van der Waals surface area contributed by atoms with E-state index in [1.54, 1.807) is 65.8 Å². The summed E-state index contributed by atoms with van der Waals surface area (Å²) in [5.74, 6) is 0. The van der Waals surface area contributed by atoms with Gasteiger partial charge in [0.05, 0.1) is 22.7 Å². The number of ether oxygens (including phenoxy) is 2. The van der Waals surface area contributed by atoms with Crippen molar-refractivity contribution in [2.24, 2.45) is 0 Å². The topological polar surface area (TPSA) is 83.1 Å². The molecular weight excluding hydrogens is 456 g/mol. The first-order valence-electron chi connectivity index (χ1n) is 11.7. The fraction of sp³-hybridized carbons (Fsp3) is 0.286.